The molecule has 1 aliphatic heterocycles. The molecule has 1 aliphatic rings. The highest BCUT2D eigenvalue weighted by Crippen LogP contribution is 2.17. The highest BCUT2D eigenvalue weighted by atomic mass is 35.5. The van der Waals surface area contributed by atoms with E-state index in [0.29, 0.717) is 12.3 Å². The van der Waals surface area contributed by atoms with E-state index in [0.717, 1.165) is 31.3 Å². The van der Waals surface area contributed by atoms with Gasteiger partial charge in [-0.15, -0.1) is 24.8 Å². The molecular formula is C20H34Cl2N4O3. The lowest BCUT2D eigenvalue weighted by Gasteiger charge is -2.16. The Morgan fingerprint density at radius 2 is 1.90 bits per heavy atom. The Bertz CT molecular complexity index is 629. The summed E-state index contributed by atoms with van der Waals surface area (Å²) in [6.07, 6.45) is 1.26. The fraction of sp³-hybridized carbons (Fsp3) is 0.600. The number of nitrogens with one attached hydrogen (secondary N) is 2. The first-order valence-corrected chi connectivity index (χ1v) is 9.63. The van der Waals surface area contributed by atoms with Crippen LogP contribution in [0.25, 0.3) is 0 Å². The summed E-state index contributed by atoms with van der Waals surface area (Å²) in [5.74, 6) is 0.956. The smallest absolute Gasteiger partial charge is 0.243 e. The molecule has 1 unspecified atom stereocenters. The molecule has 0 bridgehead atoms. The van der Waals surface area contributed by atoms with Crippen molar-refractivity contribution in [1.29, 1.82) is 0 Å². The molecule has 29 heavy (non-hydrogen) atoms. The predicted molar refractivity (Wildman–Crippen MR) is 121 cm³/mol. The number of nitrogens with two attached hydrogens (primary N) is 1. The first kappa shape index (κ1) is 27.5. The lowest BCUT2D eigenvalue weighted by Crippen LogP contribution is -2.46. The summed E-state index contributed by atoms with van der Waals surface area (Å²) in [5, 5.41) is 5.29. The third-order valence-electron chi connectivity index (χ3n) is 4.77. The van der Waals surface area contributed by atoms with Crippen LogP contribution in [0.1, 0.15) is 27.2 Å². The van der Waals surface area contributed by atoms with Gasteiger partial charge in [-0.25, -0.2) is 0 Å². The van der Waals surface area contributed by atoms with Crippen molar-refractivity contribution in [3.05, 3.63) is 24.3 Å². The van der Waals surface area contributed by atoms with Crippen LogP contribution >= 0.6 is 24.8 Å². The number of likely N-dealkylation sites (tertiary alicyclic amines) is 1. The van der Waals surface area contributed by atoms with Gasteiger partial charge in [0.05, 0.1) is 12.6 Å². The van der Waals surface area contributed by atoms with Crippen LogP contribution in [-0.2, 0) is 9.59 Å². The number of carbonyl (C=O) groups excluding carboxylic acids is 2. The van der Waals surface area contributed by atoms with Gasteiger partial charge in [0.2, 0.25) is 11.8 Å². The summed E-state index contributed by atoms with van der Waals surface area (Å²) in [7, 11) is 0. The molecule has 4 N–H and O–H groups in total. The van der Waals surface area contributed by atoms with Gasteiger partial charge in [-0.05, 0) is 49.1 Å². The SMILES string of the molecule is CC1CCN(CCOc2ccc(NC(=O)CNC(=O)[C@@H](N)C(C)C)cc2)C1.Cl.Cl. The van der Waals surface area contributed by atoms with Gasteiger partial charge >= 0.3 is 0 Å². The molecule has 2 rings (SSSR count). The second kappa shape index (κ2) is 13.6. The van der Waals surface area contributed by atoms with Crippen LogP contribution in [0.3, 0.4) is 0 Å². The van der Waals surface area contributed by atoms with E-state index >= 15 is 0 Å². The average Bonchev–Trinajstić information content (AvgIpc) is 3.05. The molecule has 1 heterocycles. The maximum Gasteiger partial charge on any atom is 0.243 e. The van der Waals surface area contributed by atoms with Gasteiger partial charge in [0.1, 0.15) is 12.4 Å². The van der Waals surface area contributed by atoms with Gasteiger partial charge in [0.15, 0.2) is 0 Å². The van der Waals surface area contributed by atoms with Gasteiger partial charge in [0.25, 0.3) is 0 Å². The lowest BCUT2D eigenvalue weighted by molar-refractivity contribution is -0.125. The molecule has 2 amide bonds. The molecule has 0 radical (unpaired) electrons. The Morgan fingerprint density at radius 3 is 2.45 bits per heavy atom. The molecule has 1 aromatic carbocycles. The minimum atomic E-state index is -0.613. The number of halogens is 2. The fourth-order valence-electron chi connectivity index (χ4n) is 2.95. The van der Waals surface area contributed by atoms with Gasteiger partial charge in [-0.3, -0.25) is 14.5 Å². The van der Waals surface area contributed by atoms with Crippen molar-refractivity contribution in [2.45, 2.75) is 33.2 Å². The number of hydrogen-bond donors (Lipinski definition) is 3. The lowest BCUT2D eigenvalue weighted by atomic mass is 10.1. The third-order valence-corrected chi connectivity index (χ3v) is 4.77. The van der Waals surface area contributed by atoms with E-state index in [1.807, 2.05) is 26.0 Å². The average molecular weight is 449 g/mol. The molecule has 2 atom stereocenters. The number of anilines is 1. The Hall–Kier alpha value is -1.54. The maximum absolute atomic E-state index is 11.9. The highest BCUT2D eigenvalue weighted by molar-refractivity contribution is 5.95. The number of ether oxygens (including phenoxy) is 1. The quantitative estimate of drug-likeness (QED) is 0.538. The first-order valence-electron chi connectivity index (χ1n) is 9.63. The molecule has 0 saturated carbocycles. The molecule has 1 aromatic rings. The Labute approximate surface area is 185 Å². The molecule has 1 saturated heterocycles. The summed E-state index contributed by atoms with van der Waals surface area (Å²) in [5.41, 5.74) is 6.40. The van der Waals surface area contributed by atoms with Crippen LogP contribution in [0.5, 0.6) is 5.75 Å². The van der Waals surface area contributed by atoms with Gasteiger partial charge in [-0.2, -0.15) is 0 Å². The Morgan fingerprint density at radius 1 is 1.24 bits per heavy atom. The van der Waals surface area contributed by atoms with Crippen LogP contribution < -0.4 is 21.1 Å². The Kier molecular flexibility index (Phi) is 12.9. The third kappa shape index (κ3) is 9.67. The number of hydrogen-bond acceptors (Lipinski definition) is 5. The molecule has 0 aliphatic carbocycles. The molecular weight excluding hydrogens is 415 g/mol. The summed E-state index contributed by atoms with van der Waals surface area (Å²) in [6, 6.07) is 6.61. The van der Waals surface area contributed by atoms with Crippen LogP contribution in [0, 0.1) is 11.8 Å². The van der Waals surface area contributed by atoms with Crippen molar-refractivity contribution < 1.29 is 14.3 Å². The van der Waals surface area contributed by atoms with Crippen LogP contribution in [0.4, 0.5) is 5.69 Å². The normalized spacial score (nSPS) is 17.1. The zero-order valence-electron chi connectivity index (χ0n) is 17.3. The predicted octanol–water partition coefficient (Wildman–Crippen LogP) is 2.29. The second-order valence-corrected chi connectivity index (χ2v) is 7.60. The standard InChI is InChI=1S/C20H32N4O3.2ClH/c1-14(2)19(21)20(26)22-12-18(25)23-16-4-6-17(7-5-16)27-11-10-24-9-8-15(3)13-24;;/h4-7,14-15,19H,8-13,21H2,1-3H3,(H,22,26)(H,23,25);2*1H/t15?,19-;;/m0../s1. The first-order chi connectivity index (χ1) is 12.8. The molecule has 0 spiro atoms. The van der Waals surface area contributed by atoms with Crippen molar-refractivity contribution in [3.63, 3.8) is 0 Å². The summed E-state index contributed by atoms with van der Waals surface area (Å²) in [4.78, 5) is 26.1. The van der Waals surface area contributed by atoms with Crippen molar-refractivity contribution in [1.82, 2.24) is 10.2 Å². The summed E-state index contributed by atoms with van der Waals surface area (Å²) in [6.45, 7) is 9.77. The van der Waals surface area contributed by atoms with E-state index in [1.165, 1.54) is 6.42 Å². The monoisotopic (exact) mass is 448 g/mol. The summed E-state index contributed by atoms with van der Waals surface area (Å²) >= 11 is 0. The largest absolute Gasteiger partial charge is 0.492 e. The minimum absolute atomic E-state index is 0. The van der Waals surface area contributed by atoms with E-state index in [2.05, 4.69) is 22.5 Å². The van der Waals surface area contributed by atoms with E-state index in [-0.39, 0.29) is 49.1 Å². The fourth-order valence-corrected chi connectivity index (χ4v) is 2.95. The van der Waals surface area contributed by atoms with E-state index in [4.69, 9.17) is 10.5 Å². The number of amides is 2. The van der Waals surface area contributed by atoms with E-state index in [1.54, 1.807) is 12.1 Å². The molecule has 0 aromatic heterocycles. The number of benzene rings is 1. The minimum Gasteiger partial charge on any atom is -0.492 e. The van der Waals surface area contributed by atoms with Crippen LogP contribution in [-0.4, -0.2) is 55.5 Å². The molecule has 7 nitrogen and oxygen atoms in total. The highest BCUT2D eigenvalue weighted by Gasteiger charge is 2.18. The number of rotatable bonds is 9. The van der Waals surface area contributed by atoms with E-state index < -0.39 is 6.04 Å². The van der Waals surface area contributed by atoms with Crippen molar-refractivity contribution in [3.8, 4) is 5.75 Å². The van der Waals surface area contributed by atoms with E-state index in [9.17, 15) is 9.59 Å². The van der Waals surface area contributed by atoms with Crippen molar-refractivity contribution >= 4 is 42.3 Å². The number of nitrogens with zero attached hydrogens (tertiary/aromatic N) is 1. The van der Waals surface area contributed by atoms with Crippen molar-refractivity contribution in [2.24, 2.45) is 17.6 Å². The van der Waals surface area contributed by atoms with Crippen LogP contribution in [0.15, 0.2) is 24.3 Å². The molecule has 1 fully saturated rings. The molecule has 9 heteroatoms. The zero-order chi connectivity index (χ0) is 19.8. The Balaban J connectivity index is 0.00000392. The van der Waals surface area contributed by atoms with Gasteiger partial charge in [0, 0.05) is 18.8 Å². The van der Waals surface area contributed by atoms with Gasteiger partial charge in [-0.1, -0.05) is 20.8 Å². The van der Waals surface area contributed by atoms with Gasteiger partial charge < -0.3 is 21.1 Å². The van der Waals surface area contributed by atoms with Crippen molar-refractivity contribution in [2.75, 3.05) is 38.1 Å². The zero-order valence-corrected chi connectivity index (χ0v) is 19.0. The van der Waals surface area contributed by atoms with Crippen LogP contribution in [0.2, 0.25) is 0 Å². The molecule has 166 valence electrons. The second-order valence-electron chi connectivity index (χ2n) is 7.60. The maximum atomic E-state index is 11.9. The number of carbonyl (C=O) groups is 2. The summed E-state index contributed by atoms with van der Waals surface area (Å²) < 4.78 is 5.77. The topological polar surface area (TPSA) is 96.7 Å².